The van der Waals surface area contributed by atoms with Crippen LogP contribution in [0, 0.1) is 14.8 Å². The van der Waals surface area contributed by atoms with Crippen LogP contribution in [0.2, 0.25) is 0 Å². The molecule has 60 valence electrons. The van der Waals surface area contributed by atoms with Gasteiger partial charge in [-0.3, -0.25) is 0 Å². The Balaban J connectivity index is 2.78. The van der Waals surface area contributed by atoms with Crippen LogP contribution < -0.4 is 12.2 Å². The average Bonchev–Trinajstić information content (AvgIpc) is 1.93. The van der Waals surface area contributed by atoms with E-state index < -0.39 is 14.8 Å². The zero-order chi connectivity index (χ0) is 8.27. The number of para-hydroxylation sites is 1. The SMILES string of the molecule is [O-][Br+2]([O-])Oc1ccccc1Br. The minimum absolute atomic E-state index is 0.326. The van der Waals surface area contributed by atoms with Crippen molar-refractivity contribution < 1.29 is 27.0 Å². The van der Waals surface area contributed by atoms with Crippen molar-refractivity contribution in [2.75, 3.05) is 0 Å². The molecule has 0 fully saturated rings. The fourth-order valence-corrected chi connectivity index (χ4v) is 1.73. The molecule has 0 N–H and O–H groups in total. The monoisotopic (exact) mass is 282 g/mol. The molecule has 1 aromatic carbocycles. The van der Waals surface area contributed by atoms with E-state index >= 15 is 0 Å². The molecule has 0 saturated carbocycles. The van der Waals surface area contributed by atoms with E-state index in [9.17, 15) is 8.40 Å². The molecule has 0 spiro atoms. The molecule has 0 aromatic heterocycles. The molecule has 0 heterocycles. The van der Waals surface area contributed by atoms with E-state index in [-0.39, 0.29) is 0 Å². The van der Waals surface area contributed by atoms with E-state index in [2.05, 4.69) is 19.8 Å². The summed E-state index contributed by atoms with van der Waals surface area (Å²) in [6.07, 6.45) is 0. The Labute approximate surface area is 77.6 Å². The second-order valence-corrected chi connectivity index (χ2v) is 3.67. The summed E-state index contributed by atoms with van der Waals surface area (Å²) in [5.41, 5.74) is 0. The standard InChI is InChI=1S/C6H4Br2O3/c7-5-3-1-2-4-6(5)11-8(9)10/h1-4H. The summed E-state index contributed by atoms with van der Waals surface area (Å²) < 4.78 is 25.4. The molecule has 1 aromatic rings. The highest BCUT2D eigenvalue weighted by molar-refractivity contribution is 9.10. The van der Waals surface area contributed by atoms with Crippen LogP contribution >= 0.6 is 15.9 Å². The molecule has 0 radical (unpaired) electrons. The molecule has 11 heavy (non-hydrogen) atoms. The van der Waals surface area contributed by atoms with Crippen LogP contribution in [0.3, 0.4) is 0 Å². The molecule has 0 unspecified atom stereocenters. The van der Waals surface area contributed by atoms with Crippen molar-refractivity contribution in [3.8, 4) is 5.75 Å². The Morgan fingerprint density at radius 2 is 1.91 bits per heavy atom. The third kappa shape index (κ3) is 2.78. The third-order valence-corrected chi connectivity index (χ3v) is 2.25. The van der Waals surface area contributed by atoms with Gasteiger partial charge in [-0.15, -0.1) is 3.83 Å². The van der Waals surface area contributed by atoms with Crippen molar-refractivity contribution in [2.45, 2.75) is 0 Å². The summed E-state index contributed by atoms with van der Waals surface area (Å²) in [4.78, 5) is 0. The molecule has 3 nitrogen and oxygen atoms in total. The Bertz CT molecular complexity index is 239. The molecule has 1 rings (SSSR count). The highest BCUT2D eigenvalue weighted by Gasteiger charge is 2.14. The Morgan fingerprint density at radius 1 is 1.27 bits per heavy atom. The predicted molar refractivity (Wildman–Crippen MR) is 34.8 cm³/mol. The number of hydrogen-bond acceptors (Lipinski definition) is 3. The fraction of sp³-hybridized carbons (Fsp3) is 0. The van der Waals surface area contributed by atoms with E-state index in [0.717, 1.165) is 0 Å². The van der Waals surface area contributed by atoms with Gasteiger partial charge in [-0.25, -0.2) is 0 Å². The van der Waals surface area contributed by atoms with Crippen LogP contribution in [0.15, 0.2) is 28.7 Å². The van der Waals surface area contributed by atoms with Gasteiger partial charge in [0.15, 0.2) is 0 Å². The van der Waals surface area contributed by atoms with Gasteiger partial charge in [0.1, 0.15) is 0 Å². The van der Waals surface area contributed by atoms with Gasteiger partial charge in [-0.1, -0.05) is 12.1 Å². The van der Waals surface area contributed by atoms with Gasteiger partial charge in [0.25, 0.3) is 0 Å². The lowest BCUT2D eigenvalue weighted by Gasteiger charge is -1.95. The highest BCUT2D eigenvalue weighted by Crippen LogP contribution is 2.23. The lowest BCUT2D eigenvalue weighted by Crippen LogP contribution is -2.36. The summed E-state index contributed by atoms with van der Waals surface area (Å²) in [6, 6.07) is 6.76. The summed E-state index contributed by atoms with van der Waals surface area (Å²) in [5.74, 6) is 0.326. The minimum Gasteiger partial charge on any atom is -0.361 e. The summed E-state index contributed by atoms with van der Waals surface area (Å²) >= 11 is -0.0202. The smallest absolute Gasteiger partial charge is 0.361 e. The van der Waals surface area contributed by atoms with E-state index in [1.54, 1.807) is 24.3 Å². The first-order valence-corrected chi connectivity index (χ1v) is 5.42. The van der Waals surface area contributed by atoms with E-state index in [4.69, 9.17) is 0 Å². The zero-order valence-corrected chi connectivity index (χ0v) is 8.46. The first-order valence-electron chi connectivity index (χ1n) is 2.68. The van der Waals surface area contributed by atoms with Crippen LogP contribution in [0.25, 0.3) is 0 Å². The second-order valence-electron chi connectivity index (χ2n) is 1.70. The maximum Gasteiger partial charge on any atom is 0.501 e. The maximum atomic E-state index is 10.2. The lowest BCUT2D eigenvalue weighted by molar-refractivity contribution is -1.62. The topological polar surface area (TPSA) is 55.3 Å². The number of rotatable bonds is 2. The minimum atomic E-state index is -3.16. The average molecular weight is 284 g/mol. The number of halogens is 2. The van der Waals surface area contributed by atoms with Crippen molar-refractivity contribution in [3.63, 3.8) is 0 Å². The van der Waals surface area contributed by atoms with Crippen LogP contribution in [-0.2, 0) is 0 Å². The largest absolute Gasteiger partial charge is 0.501 e. The van der Waals surface area contributed by atoms with Crippen molar-refractivity contribution in [2.24, 2.45) is 0 Å². The van der Waals surface area contributed by atoms with E-state index in [1.807, 2.05) is 0 Å². The first-order chi connectivity index (χ1) is 5.20. The predicted octanol–water partition coefficient (Wildman–Crippen LogP) is -0.0858. The molecule has 0 aliphatic rings. The van der Waals surface area contributed by atoms with Crippen LogP contribution in [0.1, 0.15) is 0 Å². The van der Waals surface area contributed by atoms with E-state index in [0.29, 0.717) is 10.2 Å². The van der Waals surface area contributed by atoms with Gasteiger partial charge >= 0.3 is 14.8 Å². The van der Waals surface area contributed by atoms with Gasteiger partial charge in [-0.05, 0) is 28.1 Å². The summed E-state index contributed by atoms with van der Waals surface area (Å²) in [5, 5.41) is 0. The quantitative estimate of drug-likeness (QED) is 0.763. The zero-order valence-electron chi connectivity index (χ0n) is 5.29. The van der Waals surface area contributed by atoms with Gasteiger partial charge in [0, 0.05) is 0 Å². The molecule has 0 atom stereocenters. The number of hydrogen-bond donors (Lipinski definition) is 0. The molecular weight excluding hydrogens is 280 g/mol. The Hall–Kier alpha value is -0.100. The summed E-state index contributed by atoms with van der Waals surface area (Å²) in [7, 11) is 0. The molecule has 0 amide bonds. The lowest BCUT2D eigenvalue weighted by atomic mass is 10.3. The molecule has 0 aliphatic heterocycles. The van der Waals surface area contributed by atoms with Crippen molar-refractivity contribution >= 4 is 15.9 Å². The molecule has 5 heteroatoms. The number of benzene rings is 1. The summed E-state index contributed by atoms with van der Waals surface area (Å²) in [6.45, 7) is 0. The first kappa shape index (κ1) is 8.99. The Morgan fingerprint density at radius 3 is 2.45 bits per heavy atom. The van der Waals surface area contributed by atoms with Crippen LogP contribution in [0.5, 0.6) is 5.75 Å². The molecule has 0 saturated heterocycles. The third-order valence-electron chi connectivity index (χ3n) is 0.983. The molecular formula is C6H4Br2O3. The molecule has 0 bridgehead atoms. The van der Waals surface area contributed by atoms with Crippen molar-refractivity contribution in [1.29, 1.82) is 0 Å². The van der Waals surface area contributed by atoms with Crippen LogP contribution in [0.4, 0.5) is 0 Å². The normalized spacial score (nSPS) is 10.2. The Kier molecular flexibility index (Phi) is 3.32. The maximum absolute atomic E-state index is 10.2. The van der Waals surface area contributed by atoms with Crippen molar-refractivity contribution in [3.05, 3.63) is 28.7 Å². The fourth-order valence-electron chi connectivity index (χ4n) is 0.575. The van der Waals surface area contributed by atoms with Gasteiger partial charge in [0.05, 0.1) is 4.47 Å². The second kappa shape index (κ2) is 4.06. The van der Waals surface area contributed by atoms with Gasteiger partial charge in [0.2, 0.25) is 5.75 Å². The van der Waals surface area contributed by atoms with Gasteiger partial charge in [-0.2, -0.15) is 0 Å². The molecule has 0 aliphatic carbocycles. The van der Waals surface area contributed by atoms with Crippen LogP contribution in [-0.4, -0.2) is 0 Å². The highest BCUT2D eigenvalue weighted by atomic mass is 80.0. The van der Waals surface area contributed by atoms with Crippen molar-refractivity contribution in [1.82, 2.24) is 0 Å². The van der Waals surface area contributed by atoms with E-state index in [1.165, 1.54) is 0 Å². The van der Waals surface area contributed by atoms with Gasteiger partial charge < -0.3 is 8.40 Å².